The first kappa shape index (κ1) is 29.9. The normalized spacial score (nSPS) is 11.5. The van der Waals surface area contributed by atoms with Crippen LogP contribution in [0.1, 0.15) is 0 Å². The molecule has 1 heterocycles. The molecule has 9 aromatic carbocycles. The molecule has 1 aromatic heterocycles. The summed E-state index contributed by atoms with van der Waals surface area (Å²) < 4.78 is 0. The molecule has 0 atom stereocenters. The molecule has 3 nitrogen and oxygen atoms in total. The van der Waals surface area contributed by atoms with Crippen LogP contribution in [0, 0.1) is 0 Å². The molecule has 10 rings (SSSR count). The van der Waals surface area contributed by atoms with Gasteiger partial charge in [-0.25, -0.2) is 15.0 Å². The first-order valence-corrected chi connectivity index (χ1v) is 17.6. The van der Waals surface area contributed by atoms with Crippen molar-refractivity contribution < 1.29 is 0 Å². The first-order valence-electron chi connectivity index (χ1n) is 17.6. The maximum atomic E-state index is 4.57. The lowest BCUT2D eigenvalue weighted by Gasteiger charge is -2.19. The van der Waals surface area contributed by atoms with Crippen molar-refractivity contribution in [2.75, 3.05) is 0 Å². The van der Waals surface area contributed by atoms with E-state index in [9.17, 15) is 0 Å². The smallest absolute Gasteiger partial charge is 0.163 e. The molecule has 0 unspecified atom stereocenters. The summed E-state index contributed by atoms with van der Waals surface area (Å²) in [6.07, 6.45) is 3.14. The maximum absolute atomic E-state index is 4.57. The zero-order valence-electron chi connectivity index (χ0n) is 28.2. The second-order valence-corrected chi connectivity index (χ2v) is 13.2. The van der Waals surface area contributed by atoms with Gasteiger partial charge in [0.2, 0.25) is 0 Å². The van der Waals surface area contributed by atoms with Crippen molar-refractivity contribution in [2.24, 2.45) is 0 Å². The highest BCUT2D eigenvalue weighted by Crippen LogP contribution is 2.46. The van der Waals surface area contributed by atoms with Gasteiger partial charge in [0, 0.05) is 5.56 Å². The number of aromatic nitrogens is 3. The van der Waals surface area contributed by atoms with E-state index < -0.39 is 0 Å². The Labute approximate surface area is 301 Å². The van der Waals surface area contributed by atoms with Gasteiger partial charge in [0.05, 0.1) is 0 Å². The number of hydrogen-bond donors (Lipinski definition) is 0. The standard InChI is InChI=1S/C49H31N3/c1-3-13-32(14-4-1)36-27-28-43-44(29-36)47(33-15-5-2-6-16-33)38-18-8-7-17-37(38)46(43)35-25-23-34(24-26-35)45-39-19-9-11-21-41(39)48(49-51-30-50-31-52-49)42-22-12-10-20-40(42)45/h1-31H. The van der Waals surface area contributed by atoms with Gasteiger partial charge in [-0.05, 0) is 93.7 Å². The monoisotopic (exact) mass is 661 g/mol. The fraction of sp³-hybridized carbons (Fsp3) is 0. The van der Waals surface area contributed by atoms with Crippen LogP contribution < -0.4 is 0 Å². The molecule has 52 heavy (non-hydrogen) atoms. The summed E-state index contributed by atoms with van der Waals surface area (Å²) in [6.45, 7) is 0. The average Bonchev–Trinajstić information content (AvgIpc) is 3.22. The van der Waals surface area contributed by atoms with Crippen molar-refractivity contribution >= 4 is 43.1 Å². The van der Waals surface area contributed by atoms with E-state index >= 15 is 0 Å². The van der Waals surface area contributed by atoms with Crippen LogP contribution in [0.5, 0.6) is 0 Å². The third-order valence-electron chi connectivity index (χ3n) is 10.3. The zero-order valence-corrected chi connectivity index (χ0v) is 28.2. The van der Waals surface area contributed by atoms with Crippen molar-refractivity contribution in [2.45, 2.75) is 0 Å². The predicted octanol–water partition coefficient (Wildman–Crippen LogP) is 12.8. The third kappa shape index (κ3) is 4.86. The summed E-state index contributed by atoms with van der Waals surface area (Å²) in [5.74, 6) is 0.678. The maximum Gasteiger partial charge on any atom is 0.163 e. The highest BCUT2D eigenvalue weighted by Gasteiger charge is 2.20. The van der Waals surface area contributed by atoms with E-state index in [-0.39, 0.29) is 0 Å². The molecule has 0 saturated carbocycles. The molecule has 0 amide bonds. The minimum atomic E-state index is 0.678. The average molecular weight is 662 g/mol. The molecule has 0 bridgehead atoms. The molecular weight excluding hydrogens is 631 g/mol. The fourth-order valence-electron chi connectivity index (χ4n) is 8.07. The van der Waals surface area contributed by atoms with Crippen molar-refractivity contribution in [3.8, 4) is 55.9 Å². The topological polar surface area (TPSA) is 38.7 Å². The van der Waals surface area contributed by atoms with Crippen LogP contribution in [-0.2, 0) is 0 Å². The largest absolute Gasteiger partial charge is 0.225 e. The van der Waals surface area contributed by atoms with Crippen LogP contribution in [-0.4, -0.2) is 15.0 Å². The fourth-order valence-corrected chi connectivity index (χ4v) is 8.07. The van der Waals surface area contributed by atoms with E-state index in [1.807, 2.05) is 0 Å². The molecule has 0 aliphatic carbocycles. The van der Waals surface area contributed by atoms with Crippen molar-refractivity contribution in [3.05, 3.63) is 189 Å². The van der Waals surface area contributed by atoms with Crippen LogP contribution in [0.25, 0.3) is 99.0 Å². The van der Waals surface area contributed by atoms with Gasteiger partial charge in [-0.15, -0.1) is 0 Å². The lowest BCUT2D eigenvalue weighted by atomic mass is 9.84. The van der Waals surface area contributed by atoms with Gasteiger partial charge in [0.1, 0.15) is 12.7 Å². The Hall–Kier alpha value is -6.97. The van der Waals surface area contributed by atoms with E-state index in [2.05, 4.69) is 191 Å². The number of rotatable bonds is 5. The summed E-state index contributed by atoms with van der Waals surface area (Å²) in [4.78, 5) is 13.2. The van der Waals surface area contributed by atoms with Crippen LogP contribution in [0.2, 0.25) is 0 Å². The quantitative estimate of drug-likeness (QED) is 0.172. The van der Waals surface area contributed by atoms with Gasteiger partial charge in [-0.1, -0.05) is 170 Å². The van der Waals surface area contributed by atoms with Gasteiger partial charge in [-0.3, -0.25) is 0 Å². The first-order chi connectivity index (χ1) is 25.8. The summed E-state index contributed by atoms with van der Waals surface area (Å²) in [7, 11) is 0. The molecule has 0 aliphatic rings. The van der Waals surface area contributed by atoms with E-state index in [1.54, 1.807) is 12.7 Å². The van der Waals surface area contributed by atoms with Gasteiger partial charge in [-0.2, -0.15) is 0 Å². The lowest BCUT2D eigenvalue weighted by molar-refractivity contribution is 1.06. The van der Waals surface area contributed by atoms with E-state index in [4.69, 9.17) is 0 Å². The van der Waals surface area contributed by atoms with Crippen LogP contribution in [0.4, 0.5) is 0 Å². The minimum absolute atomic E-state index is 0.678. The second kappa shape index (κ2) is 12.4. The van der Waals surface area contributed by atoms with Gasteiger partial charge in [0.25, 0.3) is 0 Å². The third-order valence-corrected chi connectivity index (χ3v) is 10.3. The number of benzene rings is 9. The summed E-state index contributed by atoms with van der Waals surface area (Å²) in [6, 6.07) is 63.7. The second-order valence-electron chi connectivity index (χ2n) is 13.2. The highest BCUT2D eigenvalue weighted by atomic mass is 15.0. The van der Waals surface area contributed by atoms with E-state index in [0.29, 0.717) is 5.82 Å². The summed E-state index contributed by atoms with van der Waals surface area (Å²) in [5, 5.41) is 9.55. The molecule has 3 heteroatoms. The number of nitrogens with zero attached hydrogens (tertiary/aromatic N) is 3. The predicted molar refractivity (Wildman–Crippen MR) is 217 cm³/mol. The van der Waals surface area contributed by atoms with E-state index in [0.717, 1.165) is 16.3 Å². The molecule has 0 radical (unpaired) electrons. The van der Waals surface area contributed by atoms with Crippen molar-refractivity contribution in [1.29, 1.82) is 0 Å². The van der Waals surface area contributed by atoms with Crippen LogP contribution in [0.3, 0.4) is 0 Å². The van der Waals surface area contributed by atoms with Crippen molar-refractivity contribution in [3.63, 3.8) is 0 Å². The Balaban J connectivity index is 1.21. The zero-order chi connectivity index (χ0) is 34.4. The van der Waals surface area contributed by atoms with Gasteiger partial charge < -0.3 is 0 Å². The van der Waals surface area contributed by atoms with Crippen molar-refractivity contribution in [1.82, 2.24) is 15.0 Å². The molecule has 0 N–H and O–H groups in total. The Morgan fingerprint density at radius 3 is 1.08 bits per heavy atom. The summed E-state index contributed by atoms with van der Waals surface area (Å²) >= 11 is 0. The van der Waals surface area contributed by atoms with Gasteiger partial charge >= 0.3 is 0 Å². The Morgan fingerprint density at radius 2 is 0.596 bits per heavy atom. The highest BCUT2D eigenvalue weighted by molar-refractivity contribution is 6.23. The minimum Gasteiger partial charge on any atom is -0.225 e. The number of fused-ring (bicyclic) bond motifs is 4. The Bertz CT molecular complexity index is 2860. The molecule has 0 fully saturated rings. The number of hydrogen-bond acceptors (Lipinski definition) is 3. The molecule has 0 spiro atoms. The summed E-state index contributed by atoms with van der Waals surface area (Å²) in [5.41, 5.74) is 10.7. The lowest BCUT2D eigenvalue weighted by Crippen LogP contribution is -1.95. The molecule has 10 aromatic rings. The van der Waals surface area contributed by atoms with Crippen LogP contribution in [0.15, 0.2) is 189 Å². The molecule has 0 saturated heterocycles. The SMILES string of the molecule is c1ccc(-c2ccc3c(-c4ccc(-c5c6ccccc6c(-c6ncncn6)c6ccccc56)cc4)c4ccccc4c(-c4ccccc4)c3c2)cc1. The Kier molecular flexibility index (Phi) is 7.14. The molecular formula is C49H31N3. The molecule has 0 aliphatic heterocycles. The Morgan fingerprint density at radius 1 is 0.250 bits per heavy atom. The molecule has 242 valence electrons. The van der Waals surface area contributed by atoms with E-state index in [1.165, 1.54) is 76.8 Å². The van der Waals surface area contributed by atoms with Crippen LogP contribution >= 0.6 is 0 Å². The van der Waals surface area contributed by atoms with Gasteiger partial charge in [0.15, 0.2) is 5.82 Å².